The minimum Gasteiger partial charge on any atom is -0.309 e. The van der Waals surface area contributed by atoms with E-state index in [9.17, 15) is 17.8 Å². The van der Waals surface area contributed by atoms with Crippen molar-refractivity contribution in [1.29, 1.82) is 0 Å². The van der Waals surface area contributed by atoms with Gasteiger partial charge in [0, 0.05) is 49.4 Å². The summed E-state index contributed by atoms with van der Waals surface area (Å²) in [5.74, 6) is 0. The molecule has 0 aliphatic heterocycles. The Hall–Kier alpha value is -7.62. The van der Waals surface area contributed by atoms with Crippen molar-refractivity contribution >= 4 is 65.4 Å². The molecule has 3 heteroatoms. The van der Waals surface area contributed by atoms with E-state index in [0.29, 0.717) is 11.4 Å². The normalized spacial score (nSPS) is 17.0. The lowest BCUT2D eigenvalue weighted by Crippen LogP contribution is -1.96. The summed E-state index contributed by atoms with van der Waals surface area (Å²) in [4.78, 5) is 0. The van der Waals surface area contributed by atoms with Crippen molar-refractivity contribution in [2.24, 2.45) is 0 Å². The summed E-state index contributed by atoms with van der Waals surface area (Å²) in [7, 11) is 0. The van der Waals surface area contributed by atoms with Crippen LogP contribution in [0.1, 0.15) is 28.8 Å². The molecule has 12 aromatic rings. The summed E-state index contributed by atoms with van der Waals surface area (Å²) in [5.41, 5.74) is -1.22. The van der Waals surface area contributed by atoms with E-state index in [1.54, 1.807) is 54.6 Å². The predicted molar refractivity (Wildman–Crippen MR) is 240 cm³/mol. The van der Waals surface area contributed by atoms with Crippen LogP contribution in [0.3, 0.4) is 0 Å². The molecule has 57 heavy (non-hydrogen) atoms. The second-order valence-corrected chi connectivity index (χ2v) is 13.3. The highest BCUT2D eigenvalue weighted by atomic mass is 15.0. The van der Waals surface area contributed by atoms with Crippen LogP contribution < -0.4 is 0 Å². The van der Waals surface area contributed by atoms with Gasteiger partial charge in [0.25, 0.3) is 0 Å². The van der Waals surface area contributed by atoms with Crippen molar-refractivity contribution in [1.82, 2.24) is 13.7 Å². The molecule has 12 rings (SSSR count). The van der Waals surface area contributed by atoms with E-state index in [0.717, 1.165) is 15.7 Å². The second-order valence-electron chi connectivity index (χ2n) is 13.3. The molecule has 0 N–H and O–H groups in total. The maximum Gasteiger partial charge on any atom is 0.0652 e. The van der Waals surface area contributed by atoms with E-state index in [-0.39, 0.29) is 43.6 Å². The monoisotopic (exact) mass is 746 g/mol. The van der Waals surface area contributed by atoms with Crippen molar-refractivity contribution < 1.29 is 28.8 Å². The van der Waals surface area contributed by atoms with Crippen LogP contribution in [0, 0.1) is 0 Å². The Morgan fingerprint density at radius 1 is 0.263 bits per heavy atom. The Labute approximate surface area is 359 Å². The Morgan fingerprint density at radius 2 is 0.649 bits per heavy atom. The summed E-state index contributed by atoms with van der Waals surface area (Å²) in [6.07, 6.45) is 0. The van der Waals surface area contributed by atoms with Crippen LogP contribution in [0.25, 0.3) is 105 Å². The van der Waals surface area contributed by atoms with Crippen LogP contribution in [0.15, 0.2) is 212 Å². The molecular formula is C54H35N3. The number of fused-ring (bicyclic) bond motifs is 9. The third-order valence-corrected chi connectivity index (χ3v) is 10.2. The van der Waals surface area contributed by atoms with E-state index < -0.39 is 166 Å². The highest BCUT2D eigenvalue weighted by molar-refractivity contribution is 6.14. The molecule has 0 saturated heterocycles. The summed E-state index contributed by atoms with van der Waals surface area (Å²) < 4.78 is 199. The van der Waals surface area contributed by atoms with E-state index in [2.05, 4.69) is 0 Å². The summed E-state index contributed by atoms with van der Waals surface area (Å²) in [6.45, 7) is 0. The predicted octanol–water partition coefficient (Wildman–Crippen LogP) is 14.3. The van der Waals surface area contributed by atoms with E-state index in [4.69, 9.17) is 11.0 Å². The van der Waals surface area contributed by atoms with Crippen molar-refractivity contribution in [2.45, 2.75) is 0 Å². The number of hydrogen-bond donors (Lipinski definition) is 0. The highest BCUT2D eigenvalue weighted by Crippen LogP contribution is 2.40. The van der Waals surface area contributed by atoms with Gasteiger partial charge in [0.1, 0.15) is 0 Å². The fourth-order valence-corrected chi connectivity index (χ4v) is 7.65. The zero-order valence-corrected chi connectivity index (χ0v) is 29.4. The van der Waals surface area contributed by atoms with Crippen molar-refractivity contribution in [3.8, 4) is 39.3 Å². The summed E-state index contributed by atoms with van der Waals surface area (Å²) >= 11 is 0. The fraction of sp³-hybridized carbons (Fsp3) is 0. The molecule has 0 fully saturated rings. The van der Waals surface area contributed by atoms with E-state index >= 15 is 0 Å². The molecular weight excluding hydrogens is 691 g/mol. The minimum absolute atomic E-state index is 0.128. The molecule has 0 aliphatic carbocycles. The molecule has 3 aromatic heterocycles. The van der Waals surface area contributed by atoms with Gasteiger partial charge in [0.05, 0.1) is 61.9 Å². The summed E-state index contributed by atoms with van der Waals surface area (Å²) in [6, 6.07) is 9.77. The smallest absolute Gasteiger partial charge is 0.0652 e. The first-order chi connectivity index (χ1) is 37.1. The Kier molecular flexibility index (Phi) is 3.81. The zero-order valence-electron chi connectivity index (χ0n) is 50.4. The average molecular weight is 747 g/mol. The fourth-order valence-electron chi connectivity index (χ4n) is 7.65. The topological polar surface area (TPSA) is 14.8 Å². The van der Waals surface area contributed by atoms with Crippen LogP contribution in [0.5, 0.6) is 0 Å². The highest BCUT2D eigenvalue weighted by Gasteiger charge is 2.18. The largest absolute Gasteiger partial charge is 0.309 e. The number of para-hydroxylation sites is 4. The second kappa shape index (κ2) is 12.5. The zero-order chi connectivity index (χ0) is 55.7. The number of rotatable bonds is 5. The van der Waals surface area contributed by atoms with Crippen LogP contribution in [0.4, 0.5) is 0 Å². The van der Waals surface area contributed by atoms with Gasteiger partial charge in [0.2, 0.25) is 0 Å². The SMILES string of the molecule is [2H]c1c([2H])c([2H])c2c(c1[2H])c1c([2H])c(-c3c([2H])c([2H])c4c(c3[2H])c3c([2H])c([2H])c([2H])c([2H])c3n4-c3c([2H])c([2H])c4c(c3[2H])c3c([2H])c([2H])c([2H])c([2H])c3n4-c3ccc(-c4ccccc4)cc3)c([2H])c([2H])c1n2-c1ccccc1. The molecule has 0 amide bonds. The van der Waals surface area contributed by atoms with E-state index in [1.165, 1.54) is 9.13 Å². The maximum absolute atomic E-state index is 10.1. The van der Waals surface area contributed by atoms with E-state index in [1.807, 2.05) is 30.3 Å². The Balaban J connectivity index is 1.23. The van der Waals surface area contributed by atoms with Gasteiger partial charge < -0.3 is 13.7 Å². The number of aromatic nitrogens is 3. The van der Waals surface area contributed by atoms with Gasteiger partial charge in [0.15, 0.2) is 0 Å². The van der Waals surface area contributed by atoms with Gasteiger partial charge in [-0.2, -0.15) is 0 Å². The molecule has 266 valence electrons. The molecule has 0 spiro atoms. The van der Waals surface area contributed by atoms with Crippen LogP contribution >= 0.6 is 0 Å². The lowest BCUT2D eigenvalue weighted by molar-refractivity contribution is 1.17. The first-order valence-corrected chi connectivity index (χ1v) is 17.9. The molecule has 0 unspecified atom stereocenters. The van der Waals surface area contributed by atoms with Crippen molar-refractivity contribution in [2.75, 3.05) is 0 Å². The minimum atomic E-state index is -0.879. The molecule has 0 bridgehead atoms. The van der Waals surface area contributed by atoms with Crippen LogP contribution in [0.2, 0.25) is 0 Å². The molecule has 0 saturated carbocycles. The molecule has 0 radical (unpaired) electrons. The molecule has 3 nitrogen and oxygen atoms in total. The van der Waals surface area contributed by atoms with Crippen LogP contribution in [-0.2, 0) is 0 Å². The summed E-state index contributed by atoms with van der Waals surface area (Å²) in [5, 5.41) is -1.88. The van der Waals surface area contributed by atoms with Gasteiger partial charge in [-0.3, -0.25) is 0 Å². The van der Waals surface area contributed by atoms with Gasteiger partial charge in [-0.05, 0) is 107 Å². The lowest BCUT2D eigenvalue weighted by atomic mass is 10.0. The standard InChI is InChI=1S/C54H35N3/c1-3-13-36(14-4-1)37-23-27-41(28-24-37)56-50-21-11-9-19-45(50)48-35-42(29-32-54(48)56)57-51-22-12-8-18-44(51)47-34-39(26-31-53(47)57)38-25-30-52-46(33-38)43-17-7-10-20-49(43)55(52)40-15-5-2-6-16-40/h1-35H/i7D,8D,9D,10D,11D,12D,17D,18D,19D,20D,21D,22D,25D,26D,29D,30D,31D,32D,33D,34D,35D. The first kappa shape index (κ1) is 17.5. The quantitative estimate of drug-likeness (QED) is 0.167. The number of nitrogens with zero attached hydrogens (tertiary/aromatic N) is 3. The van der Waals surface area contributed by atoms with Gasteiger partial charge in [-0.1, -0.05) is 127 Å². The molecule has 0 aliphatic rings. The van der Waals surface area contributed by atoms with Crippen molar-refractivity contribution in [3.63, 3.8) is 0 Å². The van der Waals surface area contributed by atoms with Crippen molar-refractivity contribution in [3.05, 3.63) is 212 Å². The maximum atomic E-state index is 10.1. The molecule has 9 aromatic carbocycles. The Bertz CT molecular complexity index is 4720. The van der Waals surface area contributed by atoms with Gasteiger partial charge in [-0.15, -0.1) is 0 Å². The third-order valence-electron chi connectivity index (χ3n) is 10.2. The first-order valence-electron chi connectivity index (χ1n) is 28.4. The van der Waals surface area contributed by atoms with Gasteiger partial charge >= 0.3 is 0 Å². The molecule has 0 atom stereocenters. The molecule has 3 heterocycles. The lowest BCUT2D eigenvalue weighted by Gasteiger charge is -2.11. The van der Waals surface area contributed by atoms with Gasteiger partial charge in [-0.25, -0.2) is 0 Å². The average Bonchev–Trinajstić information content (AvgIpc) is 3.71. The number of benzene rings is 9. The van der Waals surface area contributed by atoms with Crippen LogP contribution in [-0.4, -0.2) is 13.7 Å². The third kappa shape index (κ3) is 4.86. The number of hydrogen-bond acceptors (Lipinski definition) is 0. The Morgan fingerprint density at radius 3 is 1.18 bits per heavy atom.